The van der Waals surface area contributed by atoms with Crippen LogP contribution in [0.3, 0.4) is 0 Å². The van der Waals surface area contributed by atoms with E-state index in [9.17, 15) is 9.59 Å². The maximum Gasteiger partial charge on any atom is 0.358 e. The summed E-state index contributed by atoms with van der Waals surface area (Å²) >= 11 is 0. The Hall–Kier alpha value is -2.57. The van der Waals surface area contributed by atoms with Crippen molar-refractivity contribution in [2.75, 3.05) is 7.11 Å². The Labute approximate surface area is 102 Å². The van der Waals surface area contributed by atoms with Crippen molar-refractivity contribution in [3.63, 3.8) is 0 Å². The van der Waals surface area contributed by atoms with Gasteiger partial charge in [0.2, 0.25) is 0 Å². The SMILES string of the molecule is COC(=O)c1cnc(Cn2ccc(C=O)n2)cn1. The molecule has 92 valence electrons. The Kier molecular flexibility index (Phi) is 3.42. The third kappa shape index (κ3) is 2.57. The minimum atomic E-state index is -0.531. The third-order valence-corrected chi connectivity index (χ3v) is 2.21. The summed E-state index contributed by atoms with van der Waals surface area (Å²) in [7, 11) is 1.28. The maximum absolute atomic E-state index is 11.1. The molecule has 2 rings (SSSR count). The van der Waals surface area contributed by atoms with Gasteiger partial charge in [0.05, 0.1) is 31.7 Å². The quantitative estimate of drug-likeness (QED) is 0.570. The highest BCUT2D eigenvalue weighted by molar-refractivity contribution is 5.86. The first-order valence-corrected chi connectivity index (χ1v) is 5.11. The number of nitrogens with zero attached hydrogens (tertiary/aromatic N) is 4. The average molecular weight is 246 g/mol. The molecule has 0 aliphatic rings. The molecule has 0 fully saturated rings. The molecule has 0 amide bonds. The second kappa shape index (κ2) is 5.17. The van der Waals surface area contributed by atoms with Gasteiger partial charge in [-0.05, 0) is 6.07 Å². The van der Waals surface area contributed by atoms with Crippen molar-refractivity contribution in [3.8, 4) is 0 Å². The standard InChI is InChI=1S/C11H10N4O3/c1-18-11(17)10-5-12-9(4-13-10)6-15-3-2-8(7-16)14-15/h2-5,7H,6H2,1H3. The topological polar surface area (TPSA) is 87.0 Å². The van der Waals surface area contributed by atoms with Crippen molar-refractivity contribution in [1.82, 2.24) is 19.7 Å². The first-order valence-electron chi connectivity index (χ1n) is 5.11. The third-order valence-electron chi connectivity index (χ3n) is 2.21. The molecule has 7 nitrogen and oxygen atoms in total. The second-order valence-electron chi connectivity index (χ2n) is 3.44. The van der Waals surface area contributed by atoms with Crippen molar-refractivity contribution >= 4 is 12.3 Å². The first kappa shape index (κ1) is 11.9. The molecular weight excluding hydrogens is 236 g/mol. The van der Waals surface area contributed by atoms with Crippen LogP contribution in [0.5, 0.6) is 0 Å². The van der Waals surface area contributed by atoms with Crippen LogP contribution < -0.4 is 0 Å². The van der Waals surface area contributed by atoms with E-state index in [1.54, 1.807) is 16.9 Å². The zero-order chi connectivity index (χ0) is 13.0. The number of ether oxygens (including phenoxy) is 1. The molecule has 0 bridgehead atoms. The molecule has 0 aromatic carbocycles. The highest BCUT2D eigenvalue weighted by Gasteiger charge is 2.07. The van der Waals surface area contributed by atoms with E-state index in [2.05, 4.69) is 19.8 Å². The van der Waals surface area contributed by atoms with Gasteiger partial charge in [0.1, 0.15) is 5.69 Å². The van der Waals surface area contributed by atoms with Crippen molar-refractivity contribution in [3.05, 3.63) is 41.7 Å². The van der Waals surface area contributed by atoms with Crippen molar-refractivity contribution in [1.29, 1.82) is 0 Å². The van der Waals surface area contributed by atoms with Crippen molar-refractivity contribution in [2.45, 2.75) is 6.54 Å². The van der Waals surface area contributed by atoms with Gasteiger partial charge in [0.15, 0.2) is 12.0 Å². The summed E-state index contributed by atoms with van der Waals surface area (Å²) in [6.45, 7) is 0.377. The fourth-order valence-electron chi connectivity index (χ4n) is 1.34. The molecule has 0 aliphatic heterocycles. The van der Waals surface area contributed by atoms with E-state index in [0.29, 0.717) is 24.2 Å². The summed E-state index contributed by atoms with van der Waals surface area (Å²) in [5.41, 5.74) is 1.13. The molecule has 2 aromatic rings. The summed E-state index contributed by atoms with van der Waals surface area (Å²) < 4.78 is 6.08. The predicted octanol–water partition coefficient (Wildman–Crippen LogP) is 0.321. The number of rotatable bonds is 4. The lowest BCUT2D eigenvalue weighted by molar-refractivity contribution is 0.0593. The molecule has 0 N–H and O–H groups in total. The van der Waals surface area contributed by atoms with Crippen molar-refractivity contribution < 1.29 is 14.3 Å². The van der Waals surface area contributed by atoms with E-state index in [4.69, 9.17) is 0 Å². The number of carbonyl (C=O) groups is 2. The molecule has 0 unspecified atom stereocenters. The minimum absolute atomic E-state index is 0.148. The van der Waals surface area contributed by atoms with E-state index in [1.165, 1.54) is 19.5 Å². The number of carbonyl (C=O) groups excluding carboxylic acids is 2. The number of hydrogen-bond acceptors (Lipinski definition) is 6. The number of aldehydes is 1. The van der Waals surface area contributed by atoms with Gasteiger partial charge in [0.25, 0.3) is 0 Å². The van der Waals surface area contributed by atoms with E-state index >= 15 is 0 Å². The normalized spacial score (nSPS) is 10.1. The van der Waals surface area contributed by atoms with Gasteiger partial charge in [-0.2, -0.15) is 5.10 Å². The maximum atomic E-state index is 11.1. The van der Waals surface area contributed by atoms with Crippen LogP contribution in [0.25, 0.3) is 0 Å². The van der Waals surface area contributed by atoms with E-state index in [1.807, 2.05) is 0 Å². The fraction of sp³-hybridized carbons (Fsp3) is 0.182. The van der Waals surface area contributed by atoms with Crippen LogP contribution in [0.15, 0.2) is 24.7 Å². The van der Waals surface area contributed by atoms with Gasteiger partial charge in [-0.25, -0.2) is 9.78 Å². The van der Waals surface area contributed by atoms with Gasteiger partial charge in [-0.1, -0.05) is 0 Å². The monoisotopic (exact) mass is 246 g/mol. The number of hydrogen-bond donors (Lipinski definition) is 0. The Morgan fingerprint density at radius 1 is 1.44 bits per heavy atom. The molecule has 0 saturated carbocycles. The van der Waals surface area contributed by atoms with Crippen LogP contribution >= 0.6 is 0 Å². The van der Waals surface area contributed by atoms with Gasteiger partial charge < -0.3 is 4.74 Å². The number of aromatic nitrogens is 4. The Bertz CT molecular complexity index is 562. The first-order chi connectivity index (χ1) is 8.72. The predicted molar refractivity (Wildman–Crippen MR) is 60.1 cm³/mol. The summed E-state index contributed by atoms with van der Waals surface area (Å²) in [6, 6.07) is 1.60. The molecule has 7 heteroatoms. The Morgan fingerprint density at radius 2 is 2.28 bits per heavy atom. The van der Waals surface area contributed by atoms with Crippen LogP contribution in [-0.2, 0) is 11.3 Å². The fourth-order valence-corrected chi connectivity index (χ4v) is 1.34. The number of esters is 1. The zero-order valence-electron chi connectivity index (χ0n) is 9.61. The summed E-state index contributed by atoms with van der Waals surface area (Å²) in [6.07, 6.45) is 5.14. The van der Waals surface area contributed by atoms with Crippen LogP contribution in [0.1, 0.15) is 26.7 Å². The van der Waals surface area contributed by atoms with Gasteiger partial charge in [-0.3, -0.25) is 14.5 Å². The molecule has 0 spiro atoms. The van der Waals surface area contributed by atoms with E-state index in [-0.39, 0.29) is 5.69 Å². The Morgan fingerprint density at radius 3 is 2.83 bits per heavy atom. The molecule has 0 saturated heterocycles. The van der Waals surface area contributed by atoms with Crippen LogP contribution in [0, 0.1) is 0 Å². The lowest BCUT2D eigenvalue weighted by Crippen LogP contribution is -2.08. The van der Waals surface area contributed by atoms with E-state index < -0.39 is 5.97 Å². The van der Waals surface area contributed by atoms with Crippen LogP contribution in [0.2, 0.25) is 0 Å². The summed E-state index contributed by atoms with van der Waals surface area (Å²) in [5, 5.41) is 3.99. The minimum Gasteiger partial charge on any atom is -0.464 e. The number of methoxy groups -OCH3 is 1. The lowest BCUT2D eigenvalue weighted by atomic mass is 10.4. The van der Waals surface area contributed by atoms with Gasteiger partial charge in [-0.15, -0.1) is 0 Å². The highest BCUT2D eigenvalue weighted by atomic mass is 16.5. The lowest BCUT2D eigenvalue weighted by Gasteiger charge is -2.01. The smallest absolute Gasteiger partial charge is 0.358 e. The molecule has 0 aliphatic carbocycles. The molecule has 2 aromatic heterocycles. The molecule has 18 heavy (non-hydrogen) atoms. The molecule has 0 radical (unpaired) electrons. The van der Waals surface area contributed by atoms with E-state index in [0.717, 1.165) is 0 Å². The average Bonchev–Trinajstić information content (AvgIpc) is 2.86. The Balaban J connectivity index is 2.10. The van der Waals surface area contributed by atoms with Crippen molar-refractivity contribution in [2.24, 2.45) is 0 Å². The van der Waals surface area contributed by atoms with Gasteiger partial charge in [0, 0.05) is 6.20 Å². The zero-order valence-corrected chi connectivity index (χ0v) is 9.61. The summed E-state index contributed by atoms with van der Waals surface area (Å²) in [5.74, 6) is -0.531. The van der Waals surface area contributed by atoms with Crippen LogP contribution in [-0.4, -0.2) is 39.1 Å². The second-order valence-corrected chi connectivity index (χ2v) is 3.44. The molecular formula is C11H10N4O3. The molecule has 2 heterocycles. The highest BCUT2D eigenvalue weighted by Crippen LogP contribution is 2.01. The molecule has 0 atom stereocenters. The van der Waals surface area contributed by atoms with Crippen LogP contribution in [0.4, 0.5) is 0 Å². The largest absolute Gasteiger partial charge is 0.464 e. The van der Waals surface area contributed by atoms with Gasteiger partial charge >= 0.3 is 5.97 Å². The summed E-state index contributed by atoms with van der Waals surface area (Å²) in [4.78, 5) is 29.6.